The molecule has 1 N–H and O–H groups in total. The van der Waals surface area contributed by atoms with Crippen LogP contribution in [0.4, 0.5) is 0 Å². The molecule has 2 aromatic rings. The van der Waals surface area contributed by atoms with Crippen molar-refractivity contribution in [3.8, 4) is 0 Å². The zero-order chi connectivity index (χ0) is 21.2. The van der Waals surface area contributed by atoms with Crippen LogP contribution in [0.25, 0.3) is 0 Å². The fraction of sp³-hybridized carbons (Fsp3) is 0.583. The van der Waals surface area contributed by atoms with E-state index in [4.69, 9.17) is 0 Å². The highest BCUT2D eigenvalue weighted by Gasteiger charge is 2.19. The Kier molecular flexibility index (Phi) is 11.4. The average molecular weight is 539 g/mol. The fourth-order valence-corrected chi connectivity index (χ4v) is 4.31. The highest BCUT2D eigenvalue weighted by molar-refractivity contribution is 14.0. The molecule has 0 aliphatic carbocycles. The second-order valence-corrected chi connectivity index (χ2v) is 8.53. The summed E-state index contributed by atoms with van der Waals surface area (Å²) < 4.78 is 1.84. The molecule has 0 atom stereocenters. The number of benzene rings is 1. The number of rotatable bonds is 9. The van der Waals surface area contributed by atoms with Gasteiger partial charge in [-0.2, -0.15) is 5.10 Å². The van der Waals surface area contributed by atoms with Gasteiger partial charge in [0.25, 0.3) is 0 Å². The topological polar surface area (TPSA) is 48.7 Å². The lowest BCUT2D eigenvalue weighted by Gasteiger charge is -2.32. The van der Waals surface area contributed by atoms with Crippen molar-refractivity contribution in [3.05, 3.63) is 53.9 Å². The number of halogens is 1. The normalized spacial score (nSPS) is 15.5. The lowest BCUT2D eigenvalue weighted by Crippen LogP contribution is -2.39. The number of likely N-dealkylation sites (tertiary alicyclic amines) is 1. The summed E-state index contributed by atoms with van der Waals surface area (Å²) in [5, 5.41) is 7.73. The molecule has 1 saturated heterocycles. The standard InChI is InChI=1S/C24H38N6.HI/c1-25-24(28(2)19-23-18-27-29(3)20-23)26-13-7-8-14-30-15-11-22(12-16-30)17-21-9-5-4-6-10-21;/h4-6,9-10,18,20,22H,7-8,11-17,19H2,1-3H3,(H,25,26);1H. The minimum absolute atomic E-state index is 0. The van der Waals surface area contributed by atoms with E-state index in [-0.39, 0.29) is 24.0 Å². The molecule has 2 heterocycles. The first-order valence-corrected chi connectivity index (χ1v) is 11.3. The number of aryl methyl sites for hydroxylation is 1. The van der Waals surface area contributed by atoms with Gasteiger partial charge in [-0.25, -0.2) is 0 Å². The van der Waals surface area contributed by atoms with Gasteiger partial charge in [-0.15, -0.1) is 24.0 Å². The molecule has 7 heteroatoms. The van der Waals surface area contributed by atoms with E-state index in [1.807, 2.05) is 31.2 Å². The number of guanidine groups is 1. The molecule has 0 bridgehead atoms. The van der Waals surface area contributed by atoms with Crippen molar-refractivity contribution < 1.29 is 0 Å². The summed E-state index contributed by atoms with van der Waals surface area (Å²) in [5.74, 6) is 1.80. The van der Waals surface area contributed by atoms with E-state index >= 15 is 0 Å². The highest BCUT2D eigenvalue weighted by atomic mass is 127. The summed E-state index contributed by atoms with van der Waals surface area (Å²) in [4.78, 5) is 9.21. The molecule has 6 nitrogen and oxygen atoms in total. The molecule has 1 aromatic carbocycles. The molecule has 1 aliphatic rings. The van der Waals surface area contributed by atoms with Gasteiger partial charge in [0.2, 0.25) is 0 Å². The van der Waals surface area contributed by atoms with Crippen molar-refractivity contribution in [1.82, 2.24) is 24.9 Å². The minimum atomic E-state index is 0. The second kappa shape index (κ2) is 13.7. The zero-order valence-corrected chi connectivity index (χ0v) is 21.7. The molecule has 3 rings (SSSR count). The van der Waals surface area contributed by atoms with Gasteiger partial charge in [0.1, 0.15) is 0 Å². The Morgan fingerprint density at radius 1 is 1.16 bits per heavy atom. The summed E-state index contributed by atoms with van der Waals surface area (Å²) in [6, 6.07) is 10.9. The Hall–Kier alpha value is -1.61. The quantitative estimate of drug-likeness (QED) is 0.229. The van der Waals surface area contributed by atoms with Crippen LogP contribution in [0.15, 0.2) is 47.7 Å². The van der Waals surface area contributed by atoms with Gasteiger partial charge in [-0.3, -0.25) is 9.67 Å². The minimum Gasteiger partial charge on any atom is -0.356 e. The maximum absolute atomic E-state index is 4.41. The Balaban J connectivity index is 0.00000341. The van der Waals surface area contributed by atoms with Crippen molar-refractivity contribution in [3.63, 3.8) is 0 Å². The molecular formula is C24H39IN6. The first-order chi connectivity index (χ1) is 14.6. The summed E-state index contributed by atoms with van der Waals surface area (Å²) in [6.07, 6.45) is 10.3. The molecule has 0 saturated carbocycles. The summed E-state index contributed by atoms with van der Waals surface area (Å²) in [7, 11) is 5.87. The monoisotopic (exact) mass is 538 g/mol. The molecule has 1 aromatic heterocycles. The third-order valence-electron chi connectivity index (χ3n) is 6.01. The Bertz CT molecular complexity index is 767. The van der Waals surface area contributed by atoms with E-state index in [0.29, 0.717) is 0 Å². The zero-order valence-electron chi connectivity index (χ0n) is 19.3. The molecule has 1 fully saturated rings. The SMILES string of the molecule is CN=C(NCCCCN1CCC(Cc2ccccc2)CC1)N(C)Cc1cnn(C)c1.I. The third kappa shape index (κ3) is 8.80. The predicted molar refractivity (Wildman–Crippen MR) is 140 cm³/mol. The van der Waals surface area contributed by atoms with E-state index in [1.54, 1.807) is 0 Å². The van der Waals surface area contributed by atoms with E-state index in [9.17, 15) is 0 Å². The number of unbranched alkanes of at least 4 members (excludes halogenated alkanes) is 1. The van der Waals surface area contributed by atoms with Crippen molar-refractivity contribution in [2.24, 2.45) is 18.0 Å². The van der Waals surface area contributed by atoms with Crippen molar-refractivity contribution in [2.45, 2.75) is 38.6 Å². The van der Waals surface area contributed by atoms with Crippen molar-refractivity contribution in [2.75, 3.05) is 40.3 Å². The number of nitrogens with one attached hydrogen (secondary N) is 1. The largest absolute Gasteiger partial charge is 0.356 e. The van der Waals surface area contributed by atoms with Crippen LogP contribution in [-0.2, 0) is 20.0 Å². The van der Waals surface area contributed by atoms with Gasteiger partial charge in [0, 0.05) is 46.0 Å². The molecule has 0 spiro atoms. The van der Waals surface area contributed by atoms with Crippen LogP contribution in [-0.4, -0.2) is 65.8 Å². The third-order valence-corrected chi connectivity index (χ3v) is 6.01. The van der Waals surface area contributed by atoms with Crippen LogP contribution in [0.1, 0.15) is 36.8 Å². The lowest BCUT2D eigenvalue weighted by atomic mass is 9.90. The fourth-order valence-electron chi connectivity index (χ4n) is 4.31. The van der Waals surface area contributed by atoms with Crippen molar-refractivity contribution >= 4 is 29.9 Å². The van der Waals surface area contributed by atoms with E-state index in [2.05, 4.69) is 62.6 Å². The van der Waals surface area contributed by atoms with Crippen molar-refractivity contribution in [1.29, 1.82) is 0 Å². The maximum atomic E-state index is 4.41. The Morgan fingerprint density at radius 3 is 2.55 bits per heavy atom. The first kappa shape index (κ1) is 25.6. The van der Waals surface area contributed by atoms with Crippen LogP contribution >= 0.6 is 24.0 Å². The molecule has 0 radical (unpaired) electrons. The van der Waals surface area contributed by atoms with Crippen LogP contribution < -0.4 is 5.32 Å². The molecular weight excluding hydrogens is 499 g/mol. The molecule has 172 valence electrons. The van der Waals surface area contributed by atoms with Gasteiger partial charge in [-0.05, 0) is 63.2 Å². The number of hydrogen-bond acceptors (Lipinski definition) is 3. The predicted octanol–water partition coefficient (Wildman–Crippen LogP) is 3.78. The highest BCUT2D eigenvalue weighted by Crippen LogP contribution is 2.21. The van der Waals surface area contributed by atoms with Crippen LogP contribution in [0, 0.1) is 5.92 Å². The van der Waals surface area contributed by atoms with Gasteiger partial charge in [-0.1, -0.05) is 30.3 Å². The average Bonchev–Trinajstić information content (AvgIpc) is 3.17. The number of piperidine rings is 1. The van der Waals surface area contributed by atoms with E-state index in [1.165, 1.54) is 62.9 Å². The van der Waals surface area contributed by atoms with E-state index < -0.39 is 0 Å². The number of aliphatic imine (C=N–C) groups is 1. The molecule has 0 unspecified atom stereocenters. The van der Waals surface area contributed by atoms with Gasteiger partial charge in [0.05, 0.1) is 6.20 Å². The Morgan fingerprint density at radius 2 is 1.90 bits per heavy atom. The van der Waals surface area contributed by atoms with Gasteiger partial charge >= 0.3 is 0 Å². The first-order valence-electron chi connectivity index (χ1n) is 11.3. The summed E-state index contributed by atoms with van der Waals surface area (Å²) in [5.41, 5.74) is 2.68. The lowest BCUT2D eigenvalue weighted by molar-refractivity contribution is 0.181. The molecule has 1 aliphatic heterocycles. The second-order valence-electron chi connectivity index (χ2n) is 8.53. The van der Waals surface area contributed by atoms with Gasteiger partial charge < -0.3 is 15.1 Å². The van der Waals surface area contributed by atoms with Crippen LogP contribution in [0.5, 0.6) is 0 Å². The van der Waals surface area contributed by atoms with Gasteiger partial charge in [0.15, 0.2) is 5.96 Å². The van der Waals surface area contributed by atoms with Crippen LogP contribution in [0.2, 0.25) is 0 Å². The number of hydrogen-bond donors (Lipinski definition) is 1. The molecule has 31 heavy (non-hydrogen) atoms. The summed E-state index contributed by atoms with van der Waals surface area (Å²) >= 11 is 0. The smallest absolute Gasteiger partial charge is 0.193 e. The number of nitrogens with zero attached hydrogens (tertiary/aromatic N) is 5. The Labute approximate surface area is 205 Å². The van der Waals surface area contributed by atoms with E-state index in [0.717, 1.165) is 25.0 Å². The maximum Gasteiger partial charge on any atom is 0.193 e. The summed E-state index contributed by atoms with van der Waals surface area (Å²) in [6.45, 7) is 5.49. The number of aromatic nitrogens is 2. The molecule has 0 amide bonds. The van der Waals surface area contributed by atoms with Crippen LogP contribution in [0.3, 0.4) is 0 Å².